The van der Waals surface area contributed by atoms with Gasteiger partial charge in [0.15, 0.2) is 0 Å². The fourth-order valence-electron chi connectivity index (χ4n) is 3.13. The van der Waals surface area contributed by atoms with E-state index in [0.717, 1.165) is 6.54 Å². The highest BCUT2D eigenvalue weighted by molar-refractivity contribution is 4.94. The van der Waals surface area contributed by atoms with E-state index in [9.17, 15) is 0 Å². The van der Waals surface area contributed by atoms with Crippen LogP contribution < -0.4 is 5.32 Å². The van der Waals surface area contributed by atoms with Crippen molar-refractivity contribution in [3.05, 3.63) is 0 Å². The average Bonchev–Trinajstić information content (AvgIpc) is 2.43. The Morgan fingerprint density at radius 1 is 1.12 bits per heavy atom. The zero-order chi connectivity index (χ0) is 12.2. The Kier molecular flexibility index (Phi) is 4.81. The first-order chi connectivity index (χ1) is 7.49. The van der Waals surface area contributed by atoms with Crippen molar-refractivity contribution in [2.75, 3.05) is 19.6 Å². The summed E-state index contributed by atoms with van der Waals surface area (Å²) < 4.78 is 0. The molecule has 96 valence electrons. The predicted molar refractivity (Wildman–Crippen MR) is 71.9 cm³/mol. The lowest BCUT2D eigenvalue weighted by molar-refractivity contribution is 0.0602. The van der Waals surface area contributed by atoms with E-state index in [4.69, 9.17) is 0 Å². The molecular weight excluding hydrogens is 196 g/mol. The molecule has 0 amide bonds. The first-order valence-electron chi connectivity index (χ1n) is 7.00. The molecule has 1 fully saturated rings. The fourth-order valence-corrected chi connectivity index (χ4v) is 3.13. The summed E-state index contributed by atoms with van der Waals surface area (Å²) in [5.41, 5.74) is 0.699. The largest absolute Gasteiger partial charge is 0.310 e. The van der Waals surface area contributed by atoms with Gasteiger partial charge in [-0.2, -0.15) is 0 Å². The van der Waals surface area contributed by atoms with Crippen molar-refractivity contribution in [3.8, 4) is 0 Å². The van der Waals surface area contributed by atoms with E-state index in [0.29, 0.717) is 5.54 Å². The molecule has 0 aliphatic carbocycles. The quantitative estimate of drug-likeness (QED) is 0.792. The molecule has 0 unspecified atom stereocenters. The lowest BCUT2D eigenvalue weighted by Gasteiger charge is -2.45. The third-order valence-electron chi connectivity index (χ3n) is 4.44. The number of hydrogen-bond acceptors (Lipinski definition) is 2. The van der Waals surface area contributed by atoms with Crippen LogP contribution in [0.3, 0.4) is 0 Å². The Bertz CT molecular complexity index is 199. The van der Waals surface area contributed by atoms with Gasteiger partial charge in [0.05, 0.1) is 0 Å². The van der Waals surface area contributed by atoms with E-state index in [2.05, 4.69) is 44.8 Å². The first kappa shape index (κ1) is 14.0. The SMILES string of the molecule is CCC(CC)(CC)N1CCCNC(C)(C)C1. The second-order valence-corrected chi connectivity index (χ2v) is 5.87. The molecule has 0 aromatic heterocycles. The molecular formula is C14H30N2. The predicted octanol–water partition coefficient (Wildman–Crippen LogP) is 3.03. The Hall–Kier alpha value is -0.0800. The molecule has 0 aromatic rings. The molecule has 1 saturated heterocycles. The van der Waals surface area contributed by atoms with Gasteiger partial charge in [-0.05, 0) is 52.6 Å². The van der Waals surface area contributed by atoms with Gasteiger partial charge in [-0.15, -0.1) is 0 Å². The third-order valence-corrected chi connectivity index (χ3v) is 4.44. The molecule has 16 heavy (non-hydrogen) atoms. The Balaban J connectivity index is 2.82. The van der Waals surface area contributed by atoms with Crippen LogP contribution >= 0.6 is 0 Å². The first-order valence-corrected chi connectivity index (χ1v) is 7.00. The van der Waals surface area contributed by atoms with Gasteiger partial charge in [0.2, 0.25) is 0 Å². The second kappa shape index (κ2) is 5.50. The Labute approximate surface area is 102 Å². The highest BCUT2D eigenvalue weighted by Gasteiger charge is 2.35. The van der Waals surface area contributed by atoms with Crippen LogP contribution in [-0.4, -0.2) is 35.6 Å². The summed E-state index contributed by atoms with van der Waals surface area (Å²) in [7, 11) is 0. The zero-order valence-electron chi connectivity index (χ0n) is 11.9. The molecule has 1 rings (SSSR count). The Morgan fingerprint density at radius 2 is 1.69 bits per heavy atom. The molecule has 0 aromatic carbocycles. The maximum Gasteiger partial charge on any atom is 0.0252 e. The number of hydrogen-bond donors (Lipinski definition) is 1. The van der Waals surface area contributed by atoms with Crippen LogP contribution in [0, 0.1) is 0 Å². The average molecular weight is 226 g/mol. The van der Waals surface area contributed by atoms with Gasteiger partial charge in [-0.3, -0.25) is 4.90 Å². The van der Waals surface area contributed by atoms with Crippen LogP contribution in [0.4, 0.5) is 0 Å². The number of rotatable bonds is 4. The van der Waals surface area contributed by atoms with Crippen molar-refractivity contribution in [1.82, 2.24) is 10.2 Å². The summed E-state index contributed by atoms with van der Waals surface area (Å²) in [5, 5.41) is 3.65. The number of nitrogens with zero attached hydrogens (tertiary/aromatic N) is 1. The van der Waals surface area contributed by atoms with Crippen LogP contribution in [0.15, 0.2) is 0 Å². The van der Waals surface area contributed by atoms with E-state index in [1.807, 2.05) is 0 Å². The van der Waals surface area contributed by atoms with Crippen molar-refractivity contribution in [2.24, 2.45) is 0 Å². The van der Waals surface area contributed by atoms with Gasteiger partial charge < -0.3 is 5.32 Å². The van der Waals surface area contributed by atoms with Gasteiger partial charge in [-0.1, -0.05) is 20.8 Å². The third kappa shape index (κ3) is 2.98. The maximum atomic E-state index is 3.65. The molecule has 1 aliphatic heterocycles. The zero-order valence-corrected chi connectivity index (χ0v) is 11.9. The minimum absolute atomic E-state index is 0.265. The molecule has 0 bridgehead atoms. The lowest BCUT2D eigenvalue weighted by Crippen LogP contribution is -2.54. The van der Waals surface area contributed by atoms with Crippen LogP contribution in [0.5, 0.6) is 0 Å². The maximum absolute atomic E-state index is 3.65. The lowest BCUT2D eigenvalue weighted by atomic mass is 9.86. The molecule has 1 N–H and O–H groups in total. The van der Waals surface area contributed by atoms with Gasteiger partial charge in [-0.25, -0.2) is 0 Å². The fraction of sp³-hybridized carbons (Fsp3) is 1.00. The van der Waals surface area contributed by atoms with Gasteiger partial charge in [0.1, 0.15) is 0 Å². The molecule has 0 atom stereocenters. The van der Waals surface area contributed by atoms with Crippen LogP contribution in [0.1, 0.15) is 60.3 Å². The minimum Gasteiger partial charge on any atom is -0.310 e. The molecule has 0 spiro atoms. The van der Waals surface area contributed by atoms with E-state index in [-0.39, 0.29) is 5.54 Å². The monoisotopic (exact) mass is 226 g/mol. The topological polar surface area (TPSA) is 15.3 Å². The number of nitrogens with one attached hydrogen (secondary N) is 1. The van der Waals surface area contributed by atoms with Gasteiger partial charge in [0.25, 0.3) is 0 Å². The molecule has 1 aliphatic rings. The van der Waals surface area contributed by atoms with Crippen LogP contribution in [0.25, 0.3) is 0 Å². The van der Waals surface area contributed by atoms with Crippen molar-refractivity contribution < 1.29 is 0 Å². The summed E-state index contributed by atoms with van der Waals surface area (Å²) in [5.74, 6) is 0. The van der Waals surface area contributed by atoms with Crippen molar-refractivity contribution in [2.45, 2.75) is 71.4 Å². The van der Waals surface area contributed by atoms with Crippen molar-refractivity contribution >= 4 is 0 Å². The molecule has 2 heteroatoms. The normalized spacial score (nSPS) is 23.1. The summed E-state index contributed by atoms with van der Waals surface area (Å²) in [6, 6.07) is 0. The highest BCUT2D eigenvalue weighted by atomic mass is 15.2. The molecule has 0 radical (unpaired) electrons. The summed E-state index contributed by atoms with van der Waals surface area (Å²) >= 11 is 0. The van der Waals surface area contributed by atoms with Crippen LogP contribution in [0.2, 0.25) is 0 Å². The highest BCUT2D eigenvalue weighted by Crippen LogP contribution is 2.30. The van der Waals surface area contributed by atoms with Gasteiger partial charge in [0, 0.05) is 17.6 Å². The summed E-state index contributed by atoms with van der Waals surface area (Å²) in [6.45, 7) is 15.3. The van der Waals surface area contributed by atoms with E-state index in [1.165, 1.54) is 38.8 Å². The Morgan fingerprint density at radius 3 is 2.19 bits per heavy atom. The minimum atomic E-state index is 0.265. The summed E-state index contributed by atoms with van der Waals surface area (Å²) in [6.07, 6.45) is 5.10. The molecule has 1 heterocycles. The smallest absolute Gasteiger partial charge is 0.0252 e. The van der Waals surface area contributed by atoms with E-state index >= 15 is 0 Å². The summed E-state index contributed by atoms with van der Waals surface area (Å²) in [4.78, 5) is 2.74. The molecule has 2 nitrogen and oxygen atoms in total. The van der Waals surface area contributed by atoms with Crippen molar-refractivity contribution in [1.29, 1.82) is 0 Å². The van der Waals surface area contributed by atoms with E-state index in [1.54, 1.807) is 0 Å². The van der Waals surface area contributed by atoms with Crippen molar-refractivity contribution in [3.63, 3.8) is 0 Å². The molecule has 0 saturated carbocycles. The van der Waals surface area contributed by atoms with Crippen LogP contribution in [-0.2, 0) is 0 Å². The second-order valence-electron chi connectivity index (χ2n) is 5.87. The standard InChI is InChI=1S/C14H30N2/c1-6-14(7-2,8-3)16-11-9-10-15-13(4,5)12-16/h15H,6-12H2,1-5H3. The van der Waals surface area contributed by atoms with Gasteiger partial charge >= 0.3 is 0 Å². The van der Waals surface area contributed by atoms with E-state index < -0.39 is 0 Å².